The number of hydrogen-bond acceptors (Lipinski definition) is 4. The molecule has 0 aliphatic carbocycles. The van der Waals surface area contributed by atoms with Gasteiger partial charge in [-0.1, -0.05) is 82.5 Å². The lowest BCUT2D eigenvalue weighted by molar-refractivity contribution is -0.115. The van der Waals surface area contributed by atoms with Crippen LogP contribution in [0.15, 0.2) is 71.9 Å². The molecule has 33 heavy (non-hydrogen) atoms. The fraction of sp³-hybridized carbons (Fsp3) is 0.160. The molecule has 0 aliphatic rings. The molecule has 0 unspecified atom stereocenters. The van der Waals surface area contributed by atoms with Crippen LogP contribution < -0.4 is 5.32 Å². The van der Waals surface area contributed by atoms with Crippen LogP contribution in [-0.2, 0) is 4.79 Å². The zero-order chi connectivity index (χ0) is 23.5. The highest BCUT2D eigenvalue weighted by atomic mass is 35.5. The predicted octanol–water partition coefficient (Wildman–Crippen LogP) is 6.98. The average Bonchev–Trinajstić information content (AvgIpc) is 3.21. The second-order valence-corrected chi connectivity index (χ2v) is 9.79. The number of nitrogens with zero attached hydrogens (tertiary/aromatic N) is 3. The smallest absolute Gasteiger partial charge is 0.237 e. The Hall–Kier alpha value is -2.80. The molecule has 168 valence electrons. The second kappa shape index (κ2) is 10.00. The van der Waals surface area contributed by atoms with Gasteiger partial charge in [-0.15, -0.1) is 10.2 Å². The third kappa shape index (κ3) is 5.24. The summed E-state index contributed by atoms with van der Waals surface area (Å²) in [6.45, 7) is 5.90. The number of aryl methyl sites for hydroxylation is 2. The molecular formula is C25H22Cl2N4OS. The maximum absolute atomic E-state index is 12.9. The lowest BCUT2D eigenvalue weighted by Crippen LogP contribution is -2.23. The molecule has 3 aromatic carbocycles. The van der Waals surface area contributed by atoms with Gasteiger partial charge >= 0.3 is 0 Å². The van der Waals surface area contributed by atoms with Gasteiger partial charge in [-0.05, 0) is 51.1 Å². The summed E-state index contributed by atoms with van der Waals surface area (Å²) >= 11 is 13.6. The lowest BCUT2D eigenvalue weighted by Gasteiger charge is -2.15. The zero-order valence-electron chi connectivity index (χ0n) is 18.3. The van der Waals surface area contributed by atoms with E-state index in [9.17, 15) is 4.79 Å². The first-order valence-electron chi connectivity index (χ1n) is 10.3. The minimum absolute atomic E-state index is 0.209. The first-order chi connectivity index (χ1) is 15.8. The van der Waals surface area contributed by atoms with Crippen molar-refractivity contribution in [3.8, 4) is 17.1 Å². The standard InChI is InChI=1S/C25H22Cl2N4OS/c1-15-10-12-19(13-11-15)31-23(18-7-4-6-16(2)14-18)29-30-25(31)33-17(3)24(32)28-21-9-5-8-20(26)22(21)27/h4-14,17H,1-3H3,(H,28,32)/t17-/m0/s1. The molecule has 0 aliphatic heterocycles. The van der Waals surface area contributed by atoms with Crippen LogP contribution in [0.25, 0.3) is 17.1 Å². The molecule has 0 fully saturated rings. The van der Waals surface area contributed by atoms with Gasteiger partial charge in [0.1, 0.15) is 0 Å². The number of carbonyl (C=O) groups is 1. The Labute approximate surface area is 207 Å². The minimum atomic E-state index is -0.459. The van der Waals surface area contributed by atoms with Gasteiger partial charge in [0.15, 0.2) is 11.0 Å². The molecule has 0 spiro atoms. The maximum atomic E-state index is 12.9. The van der Waals surface area contributed by atoms with Gasteiger partial charge in [0.25, 0.3) is 0 Å². The van der Waals surface area contributed by atoms with Crippen LogP contribution in [0.5, 0.6) is 0 Å². The topological polar surface area (TPSA) is 59.8 Å². The molecule has 0 saturated heterocycles. The van der Waals surface area contributed by atoms with Crippen LogP contribution in [0.3, 0.4) is 0 Å². The molecular weight excluding hydrogens is 475 g/mol. The van der Waals surface area contributed by atoms with E-state index in [-0.39, 0.29) is 5.91 Å². The van der Waals surface area contributed by atoms with Gasteiger partial charge < -0.3 is 5.32 Å². The van der Waals surface area contributed by atoms with E-state index in [0.29, 0.717) is 20.9 Å². The molecule has 1 aromatic heterocycles. The Balaban J connectivity index is 1.66. The quantitative estimate of drug-likeness (QED) is 0.292. The number of halogens is 2. The average molecular weight is 497 g/mol. The van der Waals surface area contributed by atoms with Crippen LogP contribution in [0, 0.1) is 13.8 Å². The summed E-state index contributed by atoms with van der Waals surface area (Å²) in [5, 5.41) is 12.6. The molecule has 4 rings (SSSR count). The zero-order valence-corrected chi connectivity index (χ0v) is 20.7. The summed E-state index contributed by atoms with van der Waals surface area (Å²) in [4.78, 5) is 12.9. The molecule has 1 N–H and O–H groups in total. The largest absolute Gasteiger partial charge is 0.324 e. The fourth-order valence-electron chi connectivity index (χ4n) is 3.29. The molecule has 1 heterocycles. The van der Waals surface area contributed by atoms with E-state index >= 15 is 0 Å². The summed E-state index contributed by atoms with van der Waals surface area (Å²) in [7, 11) is 0. The fourth-order valence-corrected chi connectivity index (χ4v) is 4.51. The number of thioether (sulfide) groups is 1. The van der Waals surface area contributed by atoms with Crippen molar-refractivity contribution in [3.05, 3.63) is 87.9 Å². The Morgan fingerprint density at radius 2 is 1.70 bits per heavy atom. The minimum Gasteiger partial charge on any atom is -0.324 e. The number of rotatable bonds is 6. The lowest BCUT2D eigenvalue weighted by atomic mass is 10.1. The van der Waals surface area contributed by atoms with E-state index in [1.165, 1.54) is 11.8 Å². The highest BCUT2D eigenvalue weighted by Gasteiger charge is 2.22. The van der Waals surface area contributed by atoms with E-state index in [4.69, 9.17) is 23.2 Å². The van der Waals surface area contributed by atoms with Gasteiger partial charge in [-0.25, -0.2) is 0 Å². The summed E-state index contributed by atoms with van der Waals surface area (Å²) in [5.74, 6) is 0.510. The Bertz CT molecular complexity index is 1300. The number of hydrogen-bond donors (Lipinski definition) is 1. The number of amides is 1. The van der Waals surface area contributed by atoms with Crippen molar-refractivity contribution in [2.45, 2.75) is 31.2 Å². The van der Waals surface area contributed by atoms with Crippen LogP contribution in [0.2, 0.25) is 10.0 Å². The molecule has 0 saturated carbocycles. The molecule has 1 atom stereocenters. The highest BCUT2D eigenvalue weighted by molar-refractivity contribution is 8.00. The third-order valence-electron chi connectivity index (χ3n) is 5.06. The van der Waals surface area contributed by atoms with Crippen molar-refractivity contribution in [3.63, 3.8) is 0 Å². The first-order valence-corrected chi connectivity index (χ1v) is 12.0. The molecule has 0 radical (unpaired) electrons. The van der Waals surface area contributed by atoms with Gasteiger partial charge in [-0.2, -0.15) is 0 Å². The molecule has 1 amide bonds. The summed E-state index contributed by atoms with van der Waals surface area (Å²) in [6.07, 6.45) is 0. The highest BCUT2D eigenvalue weighted by Crippen LogP contribution is 2.33. The van der Waals surface area contributed by atoms with Crippen molar-refractivity contribution >= 4 is 46.6 Å². The van der Waals surface area contributed by atoms with E-state index in [0.717, 1.165) is 28.2 Å². The van der Waals surface area contributed by atoms with Crippen molar-refractivity contribution in [1.29, 1.82) is 0 Å². The van der Waals surface area contributed by atoms with Crippen LogP contribution in [-0.4, -0.2) is 25.9 Å². The number of benzene rings is 3. The van der Waals surface area contributed by atoms with E-state index in [1.807, 2.05) is 67.8 Å². The number of carbonyl (C=O) groups excluding carboxylic acids is 1. The first kappa shape index (κ1) is 23.4. The Morgan fingerprint density at radius 1 is 0.970 bits per heavy atom. The van der Waals surface area contributed by atoms with Gasteiger partial charge in [-0.3, -0.25) is 9.36 Å². The molecule has 5 nitrogen and oxygen atoms in total. The van der Waals surface area contributed by atoms with E-state index < -0.39 is 5.25 Å². The molecule has 0 bridgehead atoms. The van der Waals surface area contributed by atoms with Crippen molar-refractivity contribution < 1.29 is 4.79 Å². The molecule has 8 heteroatoms. The van der Waals surface area contributed by atoms with Gasteiger partial charge in [0.05, 0.1) is 21.0 Å². The molecule has 4 aromatic rings. The number of anilines is 1. The maximum Gasteiger partial charge on any atom is 0.237 e. The monoisotopic (exact) mass is 496 g/mol. The Morgan fingerprint density at radius 3 is 2.42 bits per heavy atom. The summed E-state index contributed by atoms with van der Waals surface area (Å²) < 4.78 is 1.98. The van der Waals surface area contributed by atoms with E-state index in [2.05, 4.69) is 21.6 Å². The summed E-state index contributed by atoms with van der Waals surface area (Å²) in [5.41, 5.74) is 4.64. The van der Waals surface area contributed by atoms with Gasteiger partial charge in [0.2, 0.25) is 5.91 Å². The van der Waals surface area contributed by atoms with Crippen LogP contribution >= 0.6 is 35.0 Å². The SMILES string of the molecule is Cc1ccc(-n2c(S[C@@H](C)C(=O)Nc3cccc(Cl)c3Cl)nnc2-c2cccc(C)c2)cc1. The van der Waals surface area contributed by atoms with E-state index in [1.54, 1.807) is 18.2 Å². The number of aromatic nitrogens is 3. The van der Waals surface area contributed by atoms with Gasteiger partial charge in [0, 0.05) is 11.3 Å². The second-order valence-electron chi connectivity index (χ2n) is 7.70. The predicted molar refractivity (Wildman–Crippen MR) is 137 cm³/mol. The number of nitrogens with one attached hydrogen (secondary N) is 1. The normalized spacial score (nSPS) is 11.9. The van der Waals surface area contributed by atoms with Crippen molar-refractivity contribution in [1.82, 2.24) is 14.8 Å². The Kier molecular flexibility index (Phi) is 7.08. The van der Waals surface area contributed by atoms with Crippen LogP contribution in [0.4, 0.5) is 5.69 Å². The summed E-state index contributed by atoms with van der Waals surface area (Å²) in [6, 6.07) is 21.4. The van der Waals surface area contributed by atoms with Crippen LogP contribution in [0.1, 0.15) is 18.1 Å². The third-order valence-corrected chi connectivity index (χ3v) is 6.92. The van der Waals surface area contributed by atoms with Crippen molar-refractivity contribution in [2.75, 3.05) is 5.32 Å². The van der Waals surface area contributed by atoms with Crippen molar-refractivity contribution in [2.24, 2.45) is 0 Å².